The number of carbonyl (C=O) groups is 1. The minimum Gasteiger partial charge on any atom is -0.343 e. The molecule has 0 aliphatic carbocycles. The van der Waals surface area contributed by atoms with E-state index in [2.05, 4.69) is 67.4 Å². The molecule has 0 aliphatic rings. The summed E-state index contributed by atoms with van der Waals surface area (Å²) in [6, 6.07) is 0. The Bertz CT molecular complexity index is 645. The SMILES string of the molecule is CCCCC/C=C\C/C=C\CCCCCCCCN(CCCCCCCC/C=C\C/C=C\CCCCC)C(=O)CCCCN. The lowest BCUT2D eigenvalue weighted by Crippen LogP contribution is -2.33. The van der Waals surface area contributed by atoms with Crippen molar-refractivity contribution in [2.75, 3.05) is 19.6 Å². The van der Waals surface area contributed by atoms with Crippen LogP contribution in [0.1, 0.15) is 187 Å². The van der Waals surface area contributed by atoms with Crippen LogP contribution in [0.4, 0.5) is 0 Å². The van der Waals surface area contributed by atoms with E-state index in [0.29, 0.717) is 18.9 Å². The van der Waals surface area contributed by atoms with Gasteiger partial charge in [0.05, 0.1) is 0 Å². The van der Waals surface area contributed by atoms with Crippen molar-refractivity contribution in [2.24, 2.45) is 5.73 Å². The van der Waals surface area contributed by atoms with Gasteiger partial charge < -0.3 is 10.6 Å². The van der Waals surface area contributed by atoms with Crippen molar-refractivity contribution >= 4 is 5.91 Å². The van der Waals surface area contributed by atoms with Crippen LogP contribution in [0.15, 0.2) is 48.6 Å². The first-order chi connectivity index (χ1) is 21.8. The lowest BCUT2D eigenvalue weighted by Gasteiger charge is -2.23. The molecule has 0 unspecified atom stereocenters. The van der Waals surface area contributed by atoms with Crippen LogP contribution in [0.2, 0.25) is 0 Å². The number of nitrogens with zero attached hydrogens (tertiary/aromatic N) is 1. The highest BCUT2D eigenvalue weighted by Crippen LogP contribution is 2.13. The van der Waals surface area contributed by atoms with E-state index < -0.39 is 0 Å². The first-order valence-electron chi connectivity index (χ1n) is 19.3. The predicted molar refractivity (Wildman–Crippen MR) is 198 cm³/mol. The smallest absolute Gasteiger partial charge is 0.222 e. The molecule has 0 atom stereocenters. The van der Waals surface area contributed by atoms with Gasteiger partial charge in [-0.05, 0) is 96.4 Å². The van der Waals surface area contributed by atoms with E-state index in [1.54, 1.807) is 0 Å². The number of carbonyl (C=O) groups excluding carboxylic acids is 1. The van der Waals surface area contributed by atoms with Gasteiger partial charge in [0.25, 0.3) is 0 Å². The maximum atomic E-state index is 12.9. The van der Waals surface area contributed by atoms with Crippen LogP contribution < -0.4 is 5.73 Å². The topological polar surface area (TPSA) is 46.3 Å². The molecule has 0 aromatic carbocycles. The van der Waals surface area contributed by atoms with E-state index in [9.17, 15) is 4.79 Å². The van der Waals surface area contributed by atoms with Crippen molar-refractivity contribution in [3.8, 4) is 0 Å². The van der Waals surface area contributed by atoms with E-state index >= 15 is 0 Å². The third-order valence-electron chi connectivity index (χ3n) is 8.45. The van der Waals surface area contributed by atoms with Gasteiger partial charge in [0.1, 0.15) is 0 Å². The van der Waals surface area contributed by atoms with Crippen molar-refractivity contribution < 1.29 is 4.79 Å². The Morgan fingerprint density at radius 3 is 1.20 bits per heavy atom. The van der Waals surface area contributed by atoms with Gasteiger partial charge >= 0.3 is 0 Å². The van der Waals surface area contributed by atoms with Crippen molar-refractivity contribution in [2.45, 2.75) is 187 Å². The summed E-state index contributed by atoms with van der Waals surface area (Å²) in [6.07, 6.45) is 51.5. The Balaban J connectivity index is 3.90. The summed E-state index contributed by atoms with van der Waals surface area (Å²) in [4.78, 5) is 15.0. The van der Waals surface area contributed by atoms with Crippen LogP contribution >= 0.6 is 0 Å². The van der Waals surface area contributed by atoms with Crippen LogP contribution in [-0.2, 0) is 4.79 Å². The van der Waals surface area contributed by atoms with Crippen LogP contribution in [-0.4, -0.2) is 30.4 Å². The predicted octanol–water partition coefficient (Wildman–Crippen LogP) is 12.6. The molecule has 0 aromatic heterocycles. The van der Waals surface area contributed by atoms with Gasteiger partial charge in [-0.3, -0.25) is 4.79 Å². The molecule has 0 fully saturated rings. The van der Waals surface area contributed by atoms with Gasteiger partial charge in [-0.2, -0.15) is 0 Å². The molecule has 256 valence electrons. The second-order valence-electron chi connectivity index (χ2n) is 12.8. The first kappa shape index (κ1) is 42.4. The van der Waals surface area contributed by atoms with Crippen molar-refractivity contribution in [3.63, 3.8) is 0 Å². The van der Waals surface area contributed by atoms with Gasteiger partial charge in [-0.25, -0.2) is 0 Å². The summed E-state index contributed by atoms with van der Waals surface area (Å²) < 4.78 is 0. The summed E-state index contributed by atoms with van der Waals surface area (Å²) in [5, 5.41) is 0. The van der Waals surface area contributed by atoms with E-state index in [4.69, 9.17) is 5.73 Å². The number of amides is 1. The summed E-state index contributed by atoms with van der Waals surface area (Å²) in [5.41, 5.74) is 5.66. The number of allylic oxidation sites excluding steroid dienone is 8. The maximum absolute atomic E-state index is 12.9. The molecule has 1 amide bonds. The lowest BCUT2D eigenvalue weighted by molar-refractivity contribution is -0.131. The zero-order valence-electron chi connectivity index (χ0n) is 29.8. The Morgan fingerprint density at radius 2 is 0.818 bits per heavy atom. The van der Waals surface area contributed by atoms with E-state index in [1.165, 1.54) is 128 Å². The Kier molecular flexibility index (Phi) is 36.2. The van der Waals surface area contributed by atoms with Gasteiger partial charge in [-0.15, -0.1) is 0 Å². The fourth-order valence-electron chi connectivity index (χ4n) is 5.52. The summed E-state index contributed by atoms with van der Waals surface area (Å²) >= 11 is 0. The van der Waals surface area contributed by atoms with Gasteiger partial charge in [0.2, 0.25) is 5.91 Å². The molecule has 44 heavy (non-hydrogen) atoms. The zero-order valence-corrected chi connectivity index (χ0v) is 29.8. The van der Waals surface area contributed by atoms with E-state index in [0.717, 1.165) is 51.6 Å². The molecule has 0 aromatic rings. The minimum atomic E-state index is 0.351. The average molecular weight is 613 g/mol. The standard InChI is InChI=1S/C41H76N2O/c1-3-5-7-9-11-13-15-17-19-21-23-25-27-29-31-35-39-43(41(44)37-33-34-38-42)40-36-32-30-28-26-24-22-20-18-16-14-12-10-8-6-4-2/h11-14,17-20H,3-10,15-16,21-40,42H2,1-2H3/b13-11-,14-12-,19-17-,20-18-. The Hall–Kier alpha value is -1.61. The number of nitrogens with two attached hydrogens (primary N) is 1. The third-order valence-corrected chi connectivity index (χ3v) is 8.45. The number of unbranched alkanes of at least 4 members (excludes halogenated alkanes) is 19. The normalized spacial score (nSPS) is 12.2. The molecule has 3 heteroatoms. The second-order valence-corrected chi connectivity index (χ2v) is 12.8. The van der Waals surface area contributed by atoms with Crippen molar-refractivity contribution in [1.29, 1.82) is 0 Å². The van der Waals surface area contributed by atoms with Gasteiger partial charge in [-0.1, -0.05) is 140 Å². The van der Waals surface area contributed by atoms with E-state index in [1.807, 2.05) is 0 Å². The number of hydrogen-bond acceptors (Lipinski definition) is 2. The molecule has 2 N–H and O–H groups in total. The molecule has 0 radical (unpaired) electrons. The Labute approximate surface area is 276 Å². The maximum Gasteiger partial charge on any atom is 0.222 e. The van der Waals surface area contributed by atoms with Gasteiger partial charge in [0.15, 0.2) is 0 Å². The molecule has 0 bridgehead atoms. The molecular weight excluding hydrogens is 536 g/mol. The fraction of sp³-hybridized carbons (Fsp3) is 0.780. The van der Waals surface area contributed by atoms with Crippen molar-refractivity contribution in [1.82, 2.24) is 4.90 Å². The molecule has 3 nitrogen and oxygen atoms in total. The molecule has 0 saturated heterocycles. The molecule has 0 saturated carbocycles. The van der Waals surface area contributed by atoms with Crippen LogP contribution in [0.25, 0.3) is 0 Å². The zero-order chi connectivity index (χ0) is 32.0. The quantitative estimate of drug-likeness (QED) is 0.0580. The highest BCUT2D eigenvalue weighted by Gasteiger charge is 2.12. The third kappa shape index (κ3) is 33.3. The van der Waals surface area contributed by atoms with Crippen LogP contribution in [0.3, 0.4) is 0 Å². The number of rotatable bonds is 34. The summed E-state index contributed by atoms with van der Waals surface area (Å²) in [5.74, 6) is 0.351. The second kappa shape index (κ2) is 37.6. The number of hydrogen-bond donors (Lipinski definition) is 1. The van der Waals surface area contributed by atoms with Crippen molar-refractivity contribution in [3.05, 3.63) is 48.6 Å². The fourth-order valence-corrected chi connectivity index (χ4v) is 5.52. The summed E-state index contributed by atoms with van der Waals surface area (Å²) in [7, 11) is 0. The average Bonchev–Trinajstić information content (AvgIpc) is 3.03. The molecule has 0 rings (SSSR count). The van der Waals surface area contributed by atoms with Gasteiger partial charge in [0, 0.05) is 19.5 Å². The molecular formula is C41H76N2O. The highest BCUT2D eigenvalue weighted by molar-refractivity contribution is 5.76. The largest absolute Gasteiger partial charge is 0.343 e. The lowest BCUT2D eigenvalue weighted by atomic mass is 10.1. The Morgan fingerprint density at radius 1 is 0.455 bits per heavy atom. The van der Waals surface area contributed by atoms with Crippen LogP contribution in [0.5, 0.6) is 0 Å². The highest BCUT2D eigenvalue weighted by atomic mass is 16.2. The monoisotopic (exact) mass is 613 g/mol. The minimum absolute atomic E-state index is 0.351. The first-order valence-corrected chi connectivity index (χ1v) is 19.3. The van der Waals surface area contributed by atoms with Crippen LogP contribution in [0, 0.1) is 0 Å². The molecule has 0 heterocycles. The molecule has 0 aliphatic heterocycles. The van der Waals surface area contributed by atoms with E-state index in [-0.39, 0.29) is 0 Å². The molecule has 0 spiro atoms. The summed E-state index contributed by atoms with van der Waals surface area (Å²) in [6.45, 7) is 7.09.